The SMILES string of the molecule is CN(CCc1ccco1)S(=O)(=O)c1ccc2[nH]c(=O)oc2c1. The van der Waals surface area contributed by atoms with Crippen molar-refractivity contribution in [3.8, 4) is 0 Å². The average molecular weight is 322 g/mol. The molecule has 2 heterocycles. The molecule has 0 aliphatic heterocycles. The number of rotatable bonds is 5. The zero-order chi connectivity index (χ0) is 15.7. The number of benzene rings is 1. The van der Waals surface area contributed by atoms with Crippen LogP contribution in [-0.2, 0) is 16.4 Å². The monoisotopic (exact) mass is 322 g/mol. The van der Waals surface area contributed by atoms with Crippen LogP contribution in [0.2, 0.25) is 0 Å². The molecule has 0 atom stereocenters. The molecule has 1 N–H and O–H groups in total. The van der Waals surface area contributed by atoms with E-state index < -0.39 is 15.8 Å². The molecule has 0 spiro atoms. The van der Waals surface area contributed by atoms with Crippen LogP contribution >= 0.6 is 0 Å². The molecule has 0 bridgehead atoms. The van der Waals surface area contributed by atoms with Crippen LogP contribution in [0.5, 0.6) is 0 Å². The van der Waals surface area contributed by atoms with E-state index >= 15 is 0 Å². The van der Waals surface area contributed by atoms with Crippen molar-refractivity contribution < 1.29 is 17.3 Å². The first-order valence-corrected chi connectivity index (χ1v) is 8.02. The van der Waals surface area contributed by atoms with Crippen molar-refractivity contribution in [3.05, 3.63) is 52.9 Å². The number of aromatic nitrogens is 1. The Morgan fingerprint density at radius 3 is 2.82 bits per heavy atom. The van der Waals surface area contributed by atoms with Gasteiger partial charge in [0, 0.05) is 26.1 Å². The molecule has 0 aliphatic carbocycles. The zero-order valence-electron chi connectivity index (χ0n) is 11.8. The van der Waals surface area contributed by atoms with E-state index in [4.69, 9.17) is 8.83 Å². The fourth-order valence-corrected chi connectivity index (χ4v) is 3.30. The summed E-state index contributed by atoms with van der Waals surface area (Å²) in [7, 11) is -2.16. The van der Waals surface area contributed by atoms with Crippen LogP contribution in [0.4, 0.5) is 0 Å². The van der Waals surface area contributed by atoms with Gasteiger partial charge in [-0.1, -0.05) is 0 Å². The first kappa shape index (κ1) is 14.6. The van der Waals surface area contributed by atoms with Crippen molar-refractivity contribution in [1.29, 1.82) is 0 Å². The average Bonchev–Trinajstić information content (AvgIpc) is 3.11. The van der Waals surface area contributed by atoms with Gasteiger partial charge in [0.15, 0.2) is 5.58 Å². The molecule has 0 radical (unpaired) electrons. The summed E-state index contributed by atoms with van der Waals surface area (Å²) < 4.78 is 36.3. The van der Waals surface area contributed by atoms with E-state index in [9.17, 15) is 13.2 Å². The van der Waals surface area contributed by atoms with Gasteiger partial charge in [0.1, 0.15) is 5.76 Å². The summed E-state index contributed by atoms with van der Waals surface area (Å²) in [4.78, 5) is 13.7. The molecule has 3 rings (SSSR count). The maximum absolute atomic E-state index is 12.5. The fourth-order valence-electron chi connectivity index (χ4n) is 2.11. The Kier molecular flexibility index (Phi) is 3.63. The number of oxazole rings is 1. The normalized spacial score (nSPS) is 12.3. The number of sulfonamides is 1. The van der Waals surface area contributed by atoms with Crippen LogP contribution in [0.3, 0.4) is 0 Å². The lowest BCUT2D eigenvalue weighted by Gasteiger charge is -2.16. The van der Waals surface area contributed by atoms with Gasteiger partial charge in [-0.2, -0.15) is 0 Å². The molecule has 2 aromatic heterocycles. The molecule has 8 heteroatoms. The Hall–Kier alpha value is -2.32. The molecule has 7 nitrogen and oxygen atoms in total. The van der Waals surface area contributed by atoms with E-state index in [0.29, 0.717) is 17.7 Å². The van der Waals surface area contributed by atoms with E-state index in [1.807, 2.05) is 0 Å². The highest BCUT2D eigenvalue weighted by molar-refractivity contribution is 7.89. The molecule has 1 aromatic carbocycles. The summed E-state index contributed by atoms with van der Waals surface area (Å²) in [6, 6.07) is 7.83. The molecule has 0 saturated heterocycles. The number of nitrogens with one attached hydrogen (secondary N) is 1. The van der Waals surface area contributed by atoms with Crippen molar-refractivity contribution in [2.75, 3.05) is 13.6 Å². The lowest BCUT2D eigenvalue weighted by atomic mass is 10.3. The van der Waals surface area contributed by atoms with Gasteiger partial charge >= 0.3 is 5.76 Å². The number of hydrogen-bond donors (Lipinski definition) is 1. The molecule has 22 heavy (non-hydrogen) atoms. The lowest BCUT2D eigenvalue weighted by molar-refractivity contribution is 0.441. The standard InChI is InChI=1S/C14H14N2O5S/c1-16(7-6-10-3-2-8-20-10)22(18,19)11-4-5-12-13(9-11)21-14(17)15-12/h2-5,8-9H,6-7H2,1H3,(H,15,17). The van der Waals surface area contributed by atoms with E-state index in [1.165, 1.54) is 29.6 Å². The van der Waals surface area contributed by atoms with E-state index in [1.54, 1.807) is 18.4 Å². The summed E-state index contributed by atoms with van der Waals surface area (Å²) >= 11 is 0. The molecular formula is C14H14N2O5S. The van der Waals surface area contributed by atoms with Gasteiger partial charge in [-0.3, -0.25) is 4.98 Å². The predicted octanol–water partition coefficient (Wildman–Crippen LogP) is 1.58. The third-order valence-electron chi connectivity index (χ3n) is 3.35. The van der Waals surface area contributed by atoms with Gasteiger partial charge in [0.25, 0.3) is 0 Å². The quantitative estimate of drug-likeness (QED) is 0.769. The molecule has 0 fully saturated rings. The third kappa shape index (κ3) is 2.70. The fraction of sp³-hybridized carbons (Fsp3) is 0.214. The van der Waals surface area contributed by atoms with Crippen LogP contribution in [-0.4, -0.2) is 31.3 Å². The molecule has 0 saturated carbocycles. The Balaban J connectivity index is 1.84. The Morgan fingerprint density at radius 2 is 2.09 bits per heavy atom. The van der Waals surface area contributed by atoms with Gasteiger partial charge in [-0.25, -0.2) is 17.5 Å². The number of likely N-dealkylation sites (N-methyl/N-ethyl adjacent to an activating group) is 1. The molecule has 3 aromatic rings. The molecule has 0 aliphatic rings. The van der Waals surface area contributed by atoms with E-state index in [2.05, 4.69) is 4.98 Å². The second-order valence-corrected chi connectivity index (χ2v) is 6.87. The van der Waals surface area contributed by atoms with E-state index in [0.717, 1.165) is 0 Å². The highest BCUT2D eigenvalue weighted by Gasteiger charge is 2.21. The highest BCUT2D eigenvalue weighted by Crippen LogP contribution is 2.19. The third-order valence-corrected chi connectivity index (χ3v) is 5.21. The number of aromatic amines is 1. The number of H-pyrrole nitrogens is 1. The maximum Gasteiger partial charge on any atom is 0.417 e. The topological polar surface area (TPSA) is 96.5 Å². The lowest BCUT2D eigenvalue weighted by Crippen LogP contribution is -2.28. The molecule has 0 amide bonds. The number of fused-ring (bicyclic) bond motifs is 1. The van der Waals surface area contributed by atoms with Gasteiger partial charge in [-0.15, -0.1) is 0 Å². The number of furan rings is 1. The number of nitrogens with zero attached hydrogens (tertiary/aromatic N) is 1. The first-order chi connectivity index (χ1) is 10.5. The van der Waals surface area contributed by atoms with Crippen LogP contribution < -0.4 is 5.76 Å². The Labute approximate surface area is 126 Å². The van der Waals surface area contributed by atoms with E-state index in [-0.39, 0.29) is 17.0 Å². The summed E-state index contributed by atoms with van der Waals surface area (Å²) in [5, 5.41) is 0. The first-order valence-electron chi connectivity index (χ1n) is 6.58. The minimum atomic E-state index is -3.66. The van der Waals surface area contributed by atoms with Crippen molar-refractivity contribution >= 4 is 21.1 Å². The largest absolute Gasteiger partial charge is 0.469 e. The minimum Gasteiger partial charge on any atom is -0.469 e. The van der Waals surface area contributed by atoms with Crippen molar-refractivity contribution in [3.63, 3.8) is 0 Å². The smallest absolute Gasteiger partial charge is 0.417 e. The van der Waals surface area contributed by atoms with Gasteiger partial charge in [0.05, 0.1) is 16.7 Å². The van der Waals surface area contributed by atoms with Gasteiger partial charge in [-0.05, 0) is 24.3 Å². The summed E-state index contributed by atoms with van der Waals surface area (Å²) in [6.07, 6.45) is 2.02. The Morgan fingerprint density at radius 1 is 1.27 bits per heavy atom. The van der Waals surface area contributed by atoms with Crippen molar-refractivity contribution in [2.45, 2.75) is 11.3 Å². The molecular weight excluding hydrogens is 308 g/mol. The Bertz CT molecular complexity index is 937. The van der Waals surface area contributed by atoms with Crippen LogP contribution in [0.25, 0.3) is 11.1 Å². The summed E-state index contributed by atoms with van der Waals surface area (Å²) in [5.74, 6) is 0.102. The van der Waals surface area contributed by atoms with Gasteiger partial charge in [0.2, 0.25) is 10.0 Å². The maximum atomic E-state index is 12.5. The van der Waals surface area contributed by atoms with Gasteiger partial charge < -0.3 is 8.83 Å². The van der Waals surface area contributed by atoms with Crippen LogP contribution in [0.15, 0.2) is 55.1 Å². The second kappa shape index (κ2) is 5.47. The summed E-state index contributed by atoms with van der Waals surface area (Å²) in [6.45, 7) is 0.283. The van der Waals surface area contributed by atoms with Crippen molar-refractivity contribution in [1.82, 2.24) is 9.29 Å². The molecule has 0 unspecified atom stereocenters. The van der Waals surface area contributed by atoms with Crippen molar-refractivity contribution in [2.24, 2.45) is 0 Å². The van der Waals surface area contributed by atoms with Crippen LogP contribution in [0.1, 0.15) is 5.76 Å². The second-order valence-electron chi connectivity index (χ2n) is 4.83. The predicted molar refractivity (Wildman–Crippen MR) is 79.1 cm³/mol. The number of hydrogen-bond acceptors (Lipinski definition) is 5. The van der Waals surface area contributed by atoms with Crippen LogP contribution in [0, 0.1) is 0 Å². The highest BCUT2D eigenvalue weighted by atomic mass is 32.2. The molecule has 116 valence electrons. The minimum absolute atomic E-state index is 0.0738. The zero-order valence-corrected chi connectivity index (χ0v) is 12.6. The summed E-state index contributed by atoms with van der Waals surface area (Å²) in [5.41, 5.74) is 0.674.